The van der Waals surface area contributed by atoms with Crippen LogP contribution in [0, 0.1) is 20.8 Å². The van der Waals surface area contributed by atoms with Gasteiger partial charge in [-0.2, -0.15) is 12.6 Å². The molecule has 0 aliphatic rings. The zero-order valence-corrected chi connectivity index (χ0v) is 27.8. The van der Waals surface area contributed by atoms with Gasteiger partial charge in [0.15, 0.2) is 0 Å². The van der Waals surface area contributed by atoms with E-state index in [9.17, 15) is 14.4 Å². The Hall–Kier alpha value is -2.71. The Morgan fingerprint density at radius 2 is 1.50 bits per heavy atom. The number of carbonyl (C=O) groups excluding carboxylic acids is 3. The molecule has 0 heterocycles. The van der Waals surface area contributed by atoms with E-state index in [2.05, 4.69) is 30.2 Å². The number of ether oxygens (including phenoxy) is 1. The Labute approximate surface area is 262 Å². The van der Waals surface area contributed by atoms with Crippen LogP contribution in [0.5, 0.6) is 0 Å². The number of hydrogen-bond donors (Lipinski definition) is 3. The molecule has 0 aliphatic carbocycles. The highest BCUT2D eigenvalue weighted by Crippen LogP contribution is 2.32. The van der Waals surface area contributed by atoms with E-state index in [4.69, 9.17) is 16.3 Å². The van der Waals surface area contributed by atoms with E-state index in [-0.39, 0.29) is 11.7 Å². The summed E-state index contributed by atoms with van der Waals surface area (Å²) < 4.78 is 5.42. The molecule has 7 nitrogen and oxygen atoms in total. The maximum atomic E-state index is 14.3. The van der Waals surface area contributed by atoms with Crippen LogP contribution in [-0.2, 0) is 14.3 Å². The fourth-order valence-corrected chi connectivity index (χ4v) is 5.45. The topological polar surface area (TPSA) is 87.7 Å². The molecule has 0 aliphatic heterocycles. The number of anilines is 1. The van der Waals surface area contributed by atoms with E-state index in [1.807, 2.05) is 51.1 Å². The molecule has 232 valence electrons. The first kappa shape index (κ1) is 35.5. The molecule has 3 amide bonds. The lowest BCUT2D eigenvalue weighted by Crippen LogP contribution is -2.53. The fourth-order valence-electron chi connectivity index (χ4n) is 4.93. The van der Waals surface area contributed by atoms with Gasteiger partial charge in [-0.1, -0.05) is 81.0 Å². The molecule has 0 spiro atoms. The number of unbranched alkanes of at least 4 members (excludes halogenated alkanes) is 5. The highest BCUT2D eigenvalue weighted by Gasteiger charge is 2.37. The SMILES string of the molecule is CCCCCCCCN(C(=O)C(CS)NC(=O)OC(C)(C)C)C(C(=O)Nc1c(C)cccc1Cl)c1c(C)cccc1C. The minimum atomic E-state index is -0.995. The number of rotatable bonds is 14. The summed E-state index contributed by atoms with van der Waals surface area (Å²) in [6.45, 7) is 13.5. The molecule has 2 atom stereocenters. The smallest absolute Gasteiger partial charge is 0.408 e. The van der Waals surface area contributed by atoms with Crippen LogP contribution in [0.1, 0.15) is 94.5 Å². The summed E-state index contributed by atoms with van der Waals surface area (Å²) in [4.78, 5) is 42.8. The van der Waals surface area contributed by atoms with Crippen LogP contribution < -0.4 is 10.6 Å². The summed E-state index contributed by atoms with van der Waals surface area (Å²) in [6.07, 6.45) is 5.38. The summed E-state index contributed by atoms with van der Waals surface area (Å²) in [5.74, 6) is -0.739. The van der Waals surface area contributed by atoms with Gasteiger partial charge in [0, 0.05) is 12.3 Å². The third-order valence-corrected chi connectivity index (χ3v) is 7.73. The predicted octanol–water partition coefficient (Wildman–Crippen LogP) is 7.96. The lowest BCUT2D eigenvalue weighted by atomic mass is 9.93. The van der Waals surface area contributed by atoms with Gasteiger partial charge in [-0.05, 0) is 76.3 Å². The van der Waals surface area contributed by atoms with Crippen LogP contribution >= 0.6 is 24.2 Å². The zero-order valence-electron chi connectivity index (χ0n) is 26.2. The van der Waals surface area contributed by atoms with Crippen molar-refractivity contribution in [2.75, 3.05) is 17.6 Å². The molecule has 2 N–H and O–H groups in total. The van der Waals surface area contributed by atoms with Crippen molar-refractivity contribution in [3.05, 3.63) is 63.7 Å². The Morgan fingerprint density at radius 3 is 2.07 bits per heavy atom. The molecule has 0 radical (unpaired) electrons. The molecule has 2 aromatic rings. The average Bonchev–Trinajstić information content (AvgIpc) is 2.90. The van der Waals surface area contributed by atoms with Gasteiger partial charge in [-0.15, -0.1) is 0 Å². The van der Waals surface area contributed by atoms with Crippen LogP contribution in [-0.4, -0.2) is 46.7 Å². The zero-order chi connectivity index (χ0) is 31.4. The Balaban J connectivity index is 2.56. The van der Waals surface area contributed by atoms with Crippen molar-refractivity contribution >= 4 is 47.8 Å². The number of aryl methyl sites for hydroxylation is 3. The number of thiol groups is 1. The first-order valence-electron chi connectivity index (χ1n) is 14.8. The first-order chi connectivity index (χ1) is 19.8. The summed E-state index contributed by atoms with van der Waals surface area (Å²) in [5, 5.41) is 6.11. The lowest BCUT2D eigenvalue weighted by molar-refractivity contribution is -0.140. The number of para-hydroxylation sites is 1. The molecule has 0 aromatic heterocycles. The van der Waals surface area contributed by atoms with Gasteiger partial charge in [0.1, 0.15) is 17.7 Å². The van der Waals surface area contributed by atoms with Crippen molar-refractivity contribution in [1.82, 2.24) is 10.2 Å². The van der Waals surface area contributed by atoms with Crippen LogP contribution in [0.25, 0.3) is 0 Å². The van der Waals surface area contributed by atoms with E-state index in [0.717, 1.165) is 54.4 Å². The standard InChI is InChI=1S/C33H48ClN3O4S/c1-8-9-10-11-12-13-20-37(31(39)26(21-42)35-32(40)41-33(5,6)7)29(27-22(2)16-14-17-23(27)3)30(38)36-28-24(4)18-15-19-25(28)34/h14-19,26,29,42H,8-13,20-21H2,1-7H3,(H,35,40)(H,36,38). The largest absolute Gasteiger partial charge is 0.444 e. The molecule has 0 saturated carbocycles. The summed E-state index contributed by atoms with van der Waals surface area (Å²) in [5.41, 5.74) is 3.09. The quantitative estimate of drug-likeness (QED) is 0.148. The first-order valence-corrected chi connectivity index (χ1v) is 15.8. The molecule has 9 heteroatoms. The van der Waals surface area contributed by atoms with Crippen LogP contribution in [0.15, 0.2) is 36.4 Å². The van der Waals surface area contributed by atoms with Gasteiger partial charge in [0.2, 0.25) is 5.91 Å². The van der Waals surface area contributed by atoms with Crippen molar-refractivity contribution in [3.8, 4) is 0 Å². The number of benzene rings is 2. The number of nitrogens with zero attached hydrogens (tertiary/aromatic N) is 1. The van der Waals surface area contributed by atoms with Gasteiger partial charge in [-0.25, -0.2) is 4.79 Å². The van der Waals surface area contributed by atoms with E-state index in [0.29, 0.717) is 23.7 Å². The number of hydrogen-bond acceptors (Lipinski definition) is 5. The summed E-state index contributed by atoms with van der Waals surface area (Å²) in [7, 11) is 0. The number of halogens is 1. The molecule has 0 saturated heterocycles. The molecule has 2 unspecified atom stereocenters. The molecule has 42 heavy (non-hydrogen) atoms. The van der Waals surface area contributed by atoms with E-state index >= 15 is 0 Å². The number of nitrogens with one attached hydrogen (secondary N) is 2. The van der Waals surface area contributed by atoms with Crippen molar-refractivity contribution in [3.63, 3.8) is 0 Å². The highest BCUT2D eigenvalue weighted by molar-refractivity contribution is 7.80. The van der Waals surface area contributed by atoms with Gasteiger partial charge in [-0.3, -0.25) is 9.59 Å². The molecular formula is C33H48ClN3O4S. The summed E-state index contributed by atoms with van der Waals surface area (Å²) >= 11 is 10.9. The van der Waals surface area contributed by atoms with Crippen molar-refractivity contribution in [1.29, 1.82) is 0 Å². The van der Waals surface area contributed by atoms with Crippen molar-refractivity contribution in [2.24, 2.45) is 0 Å². The van der Waals surface area contributed by atoms with Crippen LogP contribution in [0.3, 0.4) is 0 Å². The van der Waals surface area contributed by atoms with Gasteiger partial charge in [0.25, 0.3) is 5.91 Å². The number of alkyl carbamates (subject to hydrolysis) is 1. The molecule has 0 bridgehead atoms. The number of carbonyl (C=O) groups is 3. The van der Waals surface area contributed by atoms with Crippen LogP contribution in [0.4, 0.5) is 10.5 Å². The third-order valence-electron chi connectivity index (χ3n) is 7.05. The van der Waals surface area contributed by atoms with E-state index in [1.165, 1.54) is 0 Å². The normalized spacial score (nSPS) is 12.8. The van der Waals surface area contributed by atoms with Gasteiger partial charge < -0.3 is 20.3 Å². The fraction of sp³-hybridized carbons (Fsp3) is 0.545. The third kappa shape index (κ3) is 10.5. The van der Waals surface area contributed by atoms with Crippen molar-refractivity contribution < 1.29 is 19.1 Å². The Kier molecular flexibility index (Phi) is 14.2. The minimum absolute atomic E-state index is 0.0375. The van der Waals surface area contributed by atoms with Crippen molar-refractivity contribution in [2.45, 2.75) is 105 Å². The van der Waals surface area contributed by atoms with E-state index in [1.54, 1.807) is 31.7 Å². The second kappa shape index (κ2) is 16.8. The highest BCUT2D eigenvalue weighted by atomic mass is 35.5. The minimum Gasteiger partial charge on any atom is -0.444 e. The molecule has 2 rings (SSSR count). The summed E-state index contributed by atoms with van der Waals surface area (Å²) in [6, 6.07) is 9.26. The van der Waals surface area contributed by atoms with Gasteiger partial charge >= 0.3 is 6.09 Å². The predicted molar refractivity (Wildman–Crippen MR) is 176 cm³/mol. The number of amides is 3. The molecule has 0 fully saturated rings. The maximum Gasteiger partial charge on any atom is 0.408 e. The Morgan fingerprint density at radius 1 is 0.929 bits per heavy atom. The Bertz CT molecular complexity index is 1170. The monoisotopic (exact) mass is 617 g/mol. The second-order valence-electron chi connectivity index (χ2n) is 11.8. The molecular weight excluding hydrogens is 570 g/mol. The lowest BCUT2D eigenvalue weighted by Gasteiger charge is -2.35. The second-order valence-corrected chi connectivity index (χ2v) is 12.6. The average molecular weight is 618 g/mol. The maximum absolute atomic E-state index is 14.3. The van der Waals surface area contributed by atoms with Gasteiger partial charge in [0.05, 0.1) is 10.7 Å². The van der Waals surface area contributed by atoms with Crippen LogP contribution in [0.2, 0.25) is 5.02 Å². The molecule has 2 aromatic carbocycles. The van der Waals surface area contributed by atoms with E-state index < -0.39 is 29.7 Å².